The van der Waals surface area contributed by atoms with Crippen LogP contribution in [0.15, 0.2) is 15.5 Å². The van der Waals surface area contributed by atoms with Gasteiger partial charge < -0.3 is 15.6 Å². The Kier molecular flexibility index (Phi) is 2.62. The Bertz CT molecular complexity index is 235. The smallest absolute Gasteiger partial charge is 0.152 e. The fourth-order valence-electron chi connectivity index (χ4n) is 1.14. The highest BCUT2D eigenvalue weighted by atomic mass is 16.4. The first-order valence-corrected chi connectivity index (χ1v) is 3.48. The number of rotatable bonds is 0. The van der Waals surface area contributed by atoms with E-state index >= 15 is 0 Å². The van der Waals surface area contributed by atoms with Gasteiger partial charge in [0.25, 0.3) is 0 Å². The fraction of sp³-hybridized carbons (Fsp3) is 0.500. The first-order valence-electron chi connectivity index (χ1n) is 3.48. The molecule has 0 radical (unpaired) electrons. The normalized spacial score (nSPS) is 28.5. The lowest BCUT2D eigenvalue weighted by Gasteiger charge is -2.13. The summed E-state index contributed by atoms with van der Waals surface area (Å²) in [6.45, 7) is 0. The van der Waals surface area contributed by atoms with E-state index in [2.05, 4.69) is 15.5 Å². The largest absolute Gasteiger partial charge is 0.411 e. The minimum absolute atomic E-state index is 0.0613. The van der Waals surface area contributed by atoms with Crippen LogP contribution in [0.5, 0.6) is 0 Å². The predicted octanol–water partition coefficient (Wildman–Crippen LogP) is 0.661. The minimum atomic E-state index is 0.0613. The molecular formula is C6H9N3O3. The van der Waals surface area contributed by atoms with E-state index in [0.717, 1.165) is 6.42 Å². The van der Waals surface area contributed by atoms with E-state index in [1.54, 1.807) is 0 Å². The zero-order valence-corrected chi connectivity index (χ0v) is 6.30. The van der Waals surface area contributed by atoms with Crippen molar-refractivity contribution < 1.29 is 15.6 Å². The highest BCUT2D eigenvalue weighted by Crippen LogP contribution is 2.11. The van der Waals surface area contributed by atoms with Gasteiger partial charge in [-0.05, 0) is 19.3 Å². The van der Waals surface area contributed by atoms with Crippen LogP contribution in [0.25, 0.3) is 0 Å². The maximum absolute atomic E-state index is 8.50. The van der Waals surface area contributed by atoms with E-state index in [-0.39, 0.29) is 17.1 Å². The van der Waals surface area contributed by atoms with Gasteiger partial charge in [0.2, 0.25) is 0 Å². The van der Waals surface area contributed by atoms with Gasteiger partial charge in [0.15, 0.2) is 5.71 Å². The van der Waals surface area contributed by atoms with Crippen molar-refractivity contribution in [3.63, 3.8) is 0 Å². The van der Waals surface area contributed by atoms with Crippen molar-refractivity contribution in [2.24, 2.45) is 15.5 Å². The van der Waals surface area contributed by atoms with Crippen LogP contribution in [-0.2, 0) is 0 Å². The maximum atomic E-state index is 8.50. The Morgan fingerprint density at radius 3 is 1.67 bits per heavy atom. The number of hydrogen-bond donors (Lipinski definition) is 3. The molecule has 0 aromatic heterocycles. The molecule has 6 nitrogen and oxygen atoms in total. The molecular weight excluding hydrogens is 162 g/mol. The molecule has 0 aromatic carbocycles. The van der Waals surface area contributed by atoms with E-state index in [1.165, 1.54) is 0 Å². The number of oxime groups is 3. The summed E-state index contributed by atoms with van der Waals surface area (Å²) in [6.07, 6.45) is 1.77. The van der Waals surface area contributed by atoms with Crippen molar-refractivity contribution in [3.05, 3.63) is 0 Å². The zero-order valence-electron chi connectivity index (χ0n) is 6.30. The van der Waals surface area contributed by atoms with Gasteiger partial charge in [-0.2, -0.15) is 0 Å². The molecule has 3 N–H and O–H groups in total. The van der Waals surface area contributed by atoms with Crippen LogP contribution in [0, 0.1) is 0 Å². The summed E-state index contributed by atoms with van der Waals surface area (Å²) >= 11 is 0. The van der Waals surface area contributed by atoms with Crippen molar-refractivity contribution in [1.29, 1.82) is 0 Å². The number of nitrogens with zero attached hydrogens (tertiary/aromatic N) is 3. The van der Waals surface area contributed by atoms with Gasteiger partial charge in [-0.25, -0.2) is 0 Å². The molecule has 1 saturated carbocycles. The first kappa shape index (κ1) is 8.51. The Hall–Kier alpha value is -1.59. The average Bonchev–Trinajstić information content (AvgIpc) is 2.16. The molecule has 0 bridgehead atoms. The Balaban J connectivity index is 2.97. The van der Waals surface area contributed by atoms with Crippen LogP contribution in [-0.4, -0.2) is 32.8 Å². The minimum Gasteiger partial charge on any atom is -0.411 e. The summed E-state index contributed by atoms with van der Waals surface area (Å²) in [4.78, 5) is 0. The molecule has 0 heterocycles. The lowest BCUT2D eigenvalue weighted by Crippen LogP contribution is -2.29. The Morgan fingerprint density at radius 2 is 1.33 bits per heavy atom. The molecule has 0 aliphatic heterocycles. The summed E-state index contributed by atoms with van der Waals surface area (Å²) < 4.78 is 0. The molecule has 1 fully saturated rings. The molecule has 0 spiro atoms. The van der Waals surface area contributed by atoms with Gasteiger partial charge in [0.1, 0.15) is 11.4 Å². The average molecular weight is 171 g/mol. The van der Waals surface area contributed by atoms with Gasteiger partial charge in [-0.1, -0.05) is 15.5 Å². The van der Waals surface area contributed by atoms with Crippen LogP contribution in [0.2, 0.25) is 0 Å². The van der Waals surface area contributed by atoms with Crippen molar-refractivity contribution in [1.82, 2.24) is 0 Å². The van der Waals surface area contributed by atoms with Crippen LogP contribution in [0.4, 0.5) is 0 Å². The molecule has 0 amide bonds. The second-order valence-corrected chi connectivity index (χ2v) is 2.40. The molecule has 0 saturated heterocycles. The van der Waals surface area contributed by atoms with Gasteiger partial charge >= 0.3 is 0 Å². The summed E-state index contributed by atoms with van der Waals surface area (Å²) in [5, 5.41) is 34.2. The molecule has 1 aliphatic rings. The van der Waals surface area contributed by atoms with Crippen LogP contribution >= 0.6 is 0 Å². The Morgan fingerprint density at radius 1 is 0.833 bits per heavy atom. The molecule has 0 atom stereocenters. The van der Waals surface area contributed by atoms with Gasteiger partial charge in [-0.3, -0.25) is 0 Å². The maximum Gasteiger partial charge on any atom is 0.152 e. The summed E-state index contributed by atoms with van der Waals surface area (Å²) in [5.41, 5.74) is 0.555. The van der Waals surface area contributed by atoms with E-state index in [0.29, 0.717) is 12.8 Å². The standard InChI is InChI=1S/C6H9N3O3/c10-7-4-2-1-3-5(8-11)6(4)9-12/h10-12H,1-3H2/b7-4-,8-5+,9-6?. The third-order valence-corrected chi connectivity index (χ3v) is 1.72. The molecule has 1 aliphatic carbocycles. The van der Waals surface area contributed by atoms with E-state index in [1.807, 2.05) is 0 Å². The van der Waals surface area contributed by atoms with Crippen molar-refractivity contribution in [2.45, 2.75) is 19.3 Å². The van der Waals surface area contributed by atoms with Crippen molar-refractivity contribution in [2.75, 3.05) is 0 Å². The van der Waals surface area contributed by atoms with E-state index in [4.69, 9.17) is 15.6 Å². The topological polar surface area (TPSA) is 97.8 Å². The third kappa shape index (κ3) is 1.36. The van der Waals surface area contributed by atoms with Crippen LogP contribution < -0.4 is 0 Å². The zero-order chi connectivity index (χ0) is 8.97. The molecule has 1 rings (SSSR count). The lowest BCUT2D eigenvalue weighted by atomic mass is 9.94. The van der Waals surface area contributed by atoms with E-state index < -0.39 is 0 Å². The first-order chi connectivity index (χ1) is 5.83. The SMILES string of the molecule is ON=C1/C(=N\O)CCC/C1=N\O. The molecule has 66 valence electrons. The lowest BCUT2D eigenvalue weighted by molar-refractivity contribution is 0.309. The quantitative estimate of drug-likeness (QED) is 0.369. The monoisotopic (exact) mass is 171 g/mol. The van der Waals surface area contributed by atoms with Crippen LogP contribution in [0.3, 0.4) is 0 Å². The van der Waals surface area contributed by atoms with Gasteiger partial charge in [0, 0.05) is 0 Å². The molecule has 0 unspecified atom stereocenters. The van der Waals surface area contributed by atoms with Crippen LogP contribution in [0.1, 0.15) is 19.3 Å². The third-order valence-electron chi connectivity index (χ3n) is 1.72. The summed E-state index contributed by atoms with van der Waals surface area (Å²) in [7, 11) is 0. The molecule has 12 heavy (non-hydrogen) atoms. The number of hydrogen-bond acceptors (Lipinski definition) is 6. The van der Waals surface area contributed by atoms with Gasteiger partial charge in [-0.15, -0.1) is 0 Å². The highest BCUT2D eigenvalue weighted by Gasteiger charge is 2.23. The second-order valence-electron chi connectivity index (χ2n) is 2.40. The summed E-state index contributed by atoms with van der Waals surface area (Å²) in [6, 6.07) is 0. The van der Waals surface area contributed by atoms with Crippen molar-refractivity contribution in [3.8, 4) is 0 Å². The predicted molar refractivity (Wildman–Crippen MR) is 41.5 cm³/mol. The summed E-state index contributed by atoms with van der Waals surface area (Å²) in [5.74, 6) is 0. The molecule has 6 heteroatoms. The highest BCUT2D eigenvalue weighted by molar-refractivity contribution is 6.69. The fourth-order valence-corrected chi connectivity index (χ4v) is 1.14. The second kappa shape index (κ2) is 3.70. The van der Waals surface area contributed by atoms with E-state index in [9.17, 15) is 0 Å². The Labute approximate surface area is 68.5 Å². The van der Waals surface area contributed by atoms with Gasteiger partial charge in [0.05, 0.1) is 0 Å². The van der Waals surface area contributed by atoms with Crippen molar-refractivity contribution >= 4 is 17.1 Å². The molecule has 0 aromatic rings.